The van der Waals surface area contributed by atoms with Crippen LogP contribution in [0.5, 0.6) is 17.2 Å². The number of carbonyl (C=O) groups excluding carboxylic acids is 1. The third-order valence-electron chi connectivity index (χ3n) is 5.47. The number of nitrogens with one attached hydrogen (secondary N) is 2. The highest BCUT2D eigenvalue weighted by molar-refractivity contribution is 5.88. The average Bonchev–Trinajstić information content (AvgIpc) is 3.27. The van der Waals surface area contributed by atoms with Crippen molar-refractivity contribution in [2.24, 2.45) is 0 Å². The molecule has 1 amide bonds. The molecule has 0 radical (unpaired) electrons. The summed E-state index contributed by atoms with van der Waals surface area (Å²) in [4.78, 5) is 20.7. The van der Waals surface area contributed by atoms with Crippen molar-refractivity contribution in [1.82, 2.24) is 19.9 Å². The average molecular weight is 558 g/mol. The van der Waals surface area contributed by atoms with Crippen LogP contribution in [0.2, 0.25) is 0 Å². The summed E-state index contributed by atoms with van der Waals surface area (Å²) in [7, 11) is 0. The number of fused-ring (bicyclic) bond motifs is 1. The van der Waals surface area contributed by atoms with Crippen molar-refractivity contribution in [1.29, 1.82) is 0 Å². The molecule has 2 N–H and O–H groups in total. The number of anilines is 2. The van der Waals surface area contributed by atoms with Crippen molar-refractivity contribution in [3.63, 3.8) is 0 Å². The fourth-order valence-electron chi connectivity index (χ4n) is 3.79. The van der Waals surface area contributed by atoms with Gasteiger partial charge in [-0.1, -0.05) is 6.07 Å². The van der Waals surface area contributed by atoms with Crippen molar-refractivity contribution >= 4 is 28.6 Å². The largest absolute Gasteiger partial charge is 0.484 e. The molecule has 0 aliphatic heterocycles. The van der Waals surface area contributed by atoms with Crippen LogP contribution in [0.4, 0.5) is 29.5 Å². The third kappa shape index (κ3) is 8.01. The monoisotopic (exact) mass is 557 g/mol. The number of hydrogen-bond acceptors (Lipinski definition) is 7. The smallest absolute Gasteiger partial charge is 0.422 e. The SMILES string of the molecule is Cc1cc(Nc2ncnc3ccn(CCOC(=O)NC(C)(C)C)c23)ccc1Oc1cccc(OCC(F)(F)F)c1. The van der Waals surface area contributed by atoms with Gasteiger partial charge in [-0.05, 0) is 69.7 Å². The number of aryl methyl sites for hydroxylation is 1. The molecule has 12 heteroatoms. The highest BCUT2D eigenvalue weighted by Crippen LogP contribution is 2.31. The van der Waals surface area contributed by atoms with Gasteiger partial charge < -0.3 is 29.4 Å². The van der Waals surface area contributed by atoms with Crippen LogP contribution in [-0.2, 0) is 11.3 Å². The number of halogens is 3. The van der Waals surface area contributed by atoms with Gasteiger partial charge in [0.25, 0.3) is 0 Å². The van der Waals surface area contributed by atoms with Crippen molar-refractivity contribution in [3.8, 4) is 17.2 Å². The molecule has 0 bridgehead atoms. The highest BCUT2D eigenvalue weighted by atomic mass is 19.4. The first kappa shape index (κ1) is 28.5. The van der Waals surface area contributed by atoms with Gasteiger partial charge in [-0.2, -0.15) is 13.2 Å². The first-order valence-electron chi connectivity index (χ1n) is 12.5. The van der Waals surface area contributed by atoms with Crippen LogP contribution in [0.15, 0.2) is 61.1 Å². The van der Waals surface area contributed by atoms with Crippen molar-refractivity contribution in [2.75, 3.05) is 18.5 Å². The maximum Gasteiger partial charge on any atom is 0.422 e. The lowest BCUT2D eigenvalue weighted by molar-refractivity contribution is -0.153. The van der Waals surface area contributed by atoms with Crippen molar-refractivity contribution < 1.29 is 32.2 Å². The van der Waals surface area contributed by atoms with Crippen molar-refractivity contribution in [3.05, 3.63) is 66.6 Å². The molecule has 2 heterocycles. The summed E-state index contributed by atoms with van der Waals surface area (Å²) in [6.07, 6.45) is -1.61. The molecular weight excluding hydrogens is 527 g/mol. The Bertz CT molecular complexity index is 1480. The first-order chi connectivity index (χ1) is 18.9. The molecule has 2 aromatic carbocycles. The number of aromatic nitrogens is 3. The predicted octanol–water partition coefficient (Wildman–Crippen LogP) is 6.74. The van der Waals surface area contributed by atoms with Crippen LogP contribution >= 0.6 is 0 Å². The van der Waals surface area contributed by atoms with Crippen LogP contribution in [0, 0.1) is 6.92 Å². The summed E-state index contributed by atoms with van der Waals surface area (Å²) >= 11 is 0. The zero-order valence-corrected chi connectivity index (χ0v) is 22.5. The number of carbonyl (C=O) groups is 1. The number of rotatable bonds is 9. The van der Waals surface area contributed by atoms with Gasteiger partial charge in [0.2, 0.25) is 0 Å². The van der Waals surface area contributed by atoms with Gasteiger partial charge in [0.15, 0.2) is 12.4 Å². The number of nitrogens with zero attached hydrogens (tertiary/aromatic N) is 3. The van der Waals surface area contributed by atoms with Gasteiger partial charge in [0.1, 0.15) is 35.7 Å². The molecule has 0 atom stereocenters. The minimum absolute atomic E-state index is 0.0572. The molecule has 0 saturated carbocycles. The Morgan fingerprint density at radius 1 is 1.02 bits per heavy atom. The lowest BCUT2D eigenvalue weighted by Gasteiger charge is -2.20. The standard InChI is InChI=1S/C28H30F3N5O4/c1-18-14-19(8-9-23(18)40-21-7-5-6-20(15-21)39-16-28(29,30)31)34-25-24-22(32-17-33-25)10-11-36(24)12-13-38-26(37)35-27(2,3)4/h5-11,14-15,17H,12-13,16H2,1-4H3,(H,35,37)(H,32,33,34). The quantitative estimate of drug-likeness (QED) is 0.235. The van der Waals surface area contributed by atoms with Crippen LogP contribution in [0.3, 0.4) is 0 Å². The molecule has 0 saturated heterocycles. The zero-order chi connectivity index (χ0) is 28.9. The van der Waals surface area contributed by atoms with Gasteiger partial charge in [-0.3, -0.25) is 0 Å². The number of benzene rings is 2. The summed E-state index contributed by atoms with van der Waals surface area (Å²) in [6, 6.07) is 13.3. The van der Waals surface area contributed by atoms with E-state index in [9.17, 15) is 18.0 Å². The minimum Gasteiger partial charge on any atom is -0.484 e. The van der Waals surface area contributed by atoms with E-state index < -0.39 is 24.4 Å². The maximum atomic E-state index is 12.5. The fraction of sp³-hybridized carbons (Fsp3) is 0.321. The molecule has 4 aromatic rings. The van der Waals surface area contributed by atoms with E-state index in [1.165, 1.54) is 18.5 Å². The Balaban J connectivity index is 1.44. The second kappa shape index (κ2) is 11.7. The molecule has 0 spiro atoms. The summed E-state index contributed by atoms with van der Waals surface area (Å²) in [6.45, 7) is 6.65. The third-order valence-corrected chi connectivity index (χ3v) is 5.47. The number of hydrogen-bond donors (Lipinski definition) is 2. The Kier molecular flexibility index (Phi) is 8.36. The van der Waals surface area contributed by atoms with E-state index in [-0.39, 0.29) is 12.4 Å². The molecule has 212 valence electrons. The summed E-state index contributed by atoms with van der Waals surface area (Å²) < 4.78 is 55.3. The second-order valence-electron chi connectivity index (χ2n) is 10.1. The molecule has 0 aliphatic rings. The normalized spacial score (nSPS) is 11.8. The van der Waals surface area contributed by atoms with E-state index in [4.69, 9.17) is 14.2 Å². The fourth-order valence-corrected chi connectivity index (χ4v) is 3.79. The molecule has 40 heavy (non-hydrogen) atoms. The predicted molar refractivity (Wildman–Crippen MR) is 144 cm³/mol. The van der Waals surface area contributed by atoms with Crippen molar-refractivity contribution in [2.45, 2.75) is 46.0 Å². The first-order valence-corrected chi connectivity index (χ1v) is 12.5. The molecule has 0 fully saturated rings. The number of alkyl halides is 3. The Labute approximate surface area is 229 Å². The summed E-state index contributed by atoms with van der Waals surface area (Å²) in [5.74, 6) is 1.50. The van der Waals surface area contributed by atoms with E-state index in [0.29, 0.717) is 23.9 Å². The van der Waals surface area contributed by atoms with Crippen LogP contribution < -0.4 is 20.1 Å². The number of alkyl carbamates (subject to hydrolysis) is 1. The topological polar surface area (TPSA) is 99.5 Å². The number of ether oxygens (including phenoxy) is 3. The van der Waals surface area contributed by atoms with Gasteiger partial charge >= 0.3 is 12.3 Å². The highest BCUT2D eigenvalue weighted by Gasteiger charge is 2.28. The molecular formula is C28H30F3N5O4. The molecule has 2 aromatic heterocycles. The number of amides is 1. The summed E-state index contributed by atoms with van der Waals surface area (Å²) in [5, 5.41) is 6.06. The van der Waals surface area contributed by atoms with Crippen LogP contribution in [0.25, 0.3) is 11.0 Å². The van der Waals surface area contributed by atoms with Crippen LogP contribution in [-0.4, -0.2) is 45.6 Å². The molecule has 9 nitrogen and oxygen atoms in total. The van der Waals surface area contributed by atoms with Gasteiger partial charge in [-0.15, -0.1) is 0 Å². The summed E-state index contributed by atoms with van der Waals surface area (Å²) in [5.41, 5.74) is 2.60. The van der Waals surface area contributed by atoms with Gasteiger partial charge in [0.05, 0.1) is 12.1 Å². The molecule has 4 rings (SSSR count). The second-order valence-corrected chi connectivity index (χ2v) is 10.1. The van der Waals surface area contributed by atoms with E-state index in [1.54, 1.807) is 24.3 Å². The van der Waals surface area contributed by atoms with E-state index >= 15 is 0 Å². The Morgan fingerprint density at radius 3 is 2.52 bits per heavy atom. The van der Waals surface area contributed by atoms with E-state index in [2.05, 4.69) is 20.6 Å². The van der Waals surface area contributed by atoms with Crippen LogP contribution in [0.1, 0.15) is 26.3 Å². The van der Waals surface area contributed by atoms with Gasteiger partial charge in [-0.25, -0.2) is 14.8 Å². The molecule has 0 unspecified atom stereocenters. The Hall–Kier alpha value is -4.48. The zero-order valence-electron chi connectivity index (χ0n) is 22.5. The Morgan fingerprint density at radius 2 is 1.80 bits per heavy atom. The maximum absolute atomic E-state index is 12.5. The van der Waals surface area contributed by atoms with E-state index in [1.807, 2.05) is 50.6 Å². The lowest BCUT2D eigenvalue weighted by atomic mass is 10.1. The lowest BCUT2D eigenvalue weighted by Crippen LogP contribution is -2.41. The molecule has 0 aliphatic carbocycles. The van der Waals surface area contributed by atoms with E-state index in [0.717, 1.165) is 22.3 Å². The minimum atomic E-state index is -4.43. The van der Waals surface area contributed by atoms with Gasteiger partial charge in [0, 0.05) is 23.5 Å².